The monoisotopic (exact) mass is 295 g/mol. The van der Waals surface area contributed by atoms with Gasteiger partial charge in [0, 0.05) is 19.6 Å². The van der Waals surface area contributed by atoms with Gasteiger partial charge < -0.3 is 24.1 Å². The van der Waals surface area contributed by atoms with E-state index in [9.17, 15) is 4.79 Å². The van der Waals surface area contributed by atoms with Crippen molar-refractivity contribution in [2.24, 2.45) is 0 Å². The Balaban J connectivity index is 1.74. The molecule has 1 fully saturated rings. The number of fused-ring (bicyclic) bond motifs is 1. The normalized spacial score (nSPS) is 21.3. The van der Waals surface area contributed by atoms with E-state index in [4.69, 9.17) is 24.1 Å². The summed E-state index contributed by atoms with van der Waals surface area (Å²) >= 11 is 0. The molecule has 0 aliphatic carbocycles. The van der Waals surface area contributed by atoms with Gasteiger partial charge in [-0.3, -0.25) is 4.90 Å². The zero-order valence-corrected chi connectivity index (χ0v) is 11.7. The van der Waals surface area contributed by atoms with Gasteiger partial charge in [0.05, 0.1) is 13.7 Å². The van der Waals surface area contributed by atoms with Crippen molar-refractivity contribution in [1.82, 2.24) is 4.90 Å². The van der Waals surface area contributed by atoms with Crippen molar-refractivity contribution >= 4 is 5.97 Å². The van der Waals surface area contributed by atoms with Gasteiger partial charge in [0.2, 0.25) is 12.5 Å². The molecule has 7 heteroatoms. The van der Waals surface area contributed by atoms with Crippen molar-refractivity contribution in [3.63, 3.8) is 0 Å². The van der Waals surface area contributed by atoms with Crippen LogP contribution in [0.1, 0.15) is 5.56 Å². The molecule has 21 heavy (non-hydrogen) atoms. The molecule has 1 atom stereocenters. The van der Waals surface area contributed by atoms with Crippen LogP contribution in [-0.2, 0) is 16.1 Å². The SMILES string of the molecule is COc1cc(CN2CCOC(C(=O)O)C2)cc2c1OCO2. The van der Waals surface area contributed by atoms with Crippen LogP contribution < -0.4 is 14.2 Å². The van der Waals surface area contributed by atoms with E-state index in [2.05, 4.69) is 0 Å². The zero-order valence-electron chi connectivity index (χ0n) is 11.7. The smallest absolute Gasteiger partial charge is 0.334 e. The van der Waals surface area contributed by atoms with E-state index < -0.39 is 12.1 Å². The van der Waals surface area contributed by atoms with E-state index >= 15 is 0 Å². The first-order valence-electron chi connectivity index (χ1n) is 6.70. The molecule has 0 radical (unpaired) electrons. The van der Waals surface area contributed by atoms with Gasteiger partial charge in [0.25, 0.3) is 0 Å². The first-order chi connectivity index (χ1) is 10.2. The van der Waals surface area contributed by atoms with Crippen molar-refractivity contribution in [3.05, 3.63) is 17.7 Å². The third-order valence-electron chi connectivity index (χ3n) is 3.55. The maximum absolute atomic E-state index is 11.0. The molecular weight excluding hydrogens is 278 g/mol. The van der Waals surface area contributed by atoms with Gasteiger partial charge in [0.15, 0.2) is 17.6 Å². The van der Waals surface area contributed by atoms with Crippen molar-refractivity contribution in [2.75, 3.05) is 33.6 Å². The summed E-state index contributed by atoms with van der Waals surface area (Å²) in [7, 11) is 1.58. The van der Waals surface area contributed by atoms with Crippen LogP contribution in [0.4, 0.5) is 0 Å². The van der Waals surface area contributed by atoms with Gasteiger partial charge in [-0.15, -0.1) is 0 Å². The molecule has 2 aliphatic heterocycles. The highest BCUT2D eigenvalue weighted by molar-refractivity contribution is 5.72. The van der Waals surface area contributed by atoms with Gasteiger partial charge in [-0.25, -0.2) is 4.79 Å². The lowest BCUT2D eigenvalue weighted by atomic mass is 10.1. The molecular formula is C14H17NO6. The number of carboxylic acid groups (broad SMARTS) is 1. The second-order valence-corrected chi connectivity index (χ2v) is 4.96. The third-order valence-corrected chi connectivity index (χ3v) is 3.55. The van der Waals surface area contributed by atoms with E-state index in [1.54, 1.807) is 7.11 Å². The molecule has 1 aromatic carbocycles. The summed E-state index contributed by atoms with van der Waals surface area (Å²) in [5, 5.41) is 9.02. The molecule has 0 spiro atoms. The number of hydrogen-bond acceptors (Lipinski definition) is 6. The zero-order chi connectivity index (χ0) is 14.8. The highest BCUT2D eigenvalue weighted by Gasteiger charge is 2.27. The Hall–Kier alpha value is -1.99. The molecule has 1 aromatic rings. The second kappa shape index (κ2) is 5.79. The molecule has 2 aliphatic rings. The van der Waals surface area contributed by atoms with Gasteiger partial charge in [-0.2, -0.15) is 0 Å². The molecule has 0 aromatic heterocycles. The Bertz CT molecular complexity index is 547. The van der Waals surface area contributed by atoms with Crippen LogP contribution in [0.15, 0.2) is 12.1 Å². The summed E-state index contributed by atoms with van der Waals surface area (Å²) in [6.07, 6.45) is -0.769. The molecule has 1 N–H and O–H groups in total. The Morgan fingerprint density at radius 2 is 2.33 bits per heavy atom. The Labute approximate surface area is 122 Å². The Morgan fingerprint density at radius 3 is 3.10 bits per heavy atom. The van der Waals surface area contributed by atoms with Gasteiger partial charge in [-0.05, 0) is 17.7 Å². The predicted molar refractivity (Wildman–Crippen MR) is 71.8 cm³/mol. The fourth-order valence-corrected chi connectivity index (χ4v) is 2.53. The lowest BCUT2D eigenvalue weighted by Crippen LogP contribution is -2.45. The van der Waals surface area contributed by atoms with E-state index in [0.717, 1.165) is 5.56 Å². The minimum Gasteiger partial charge on any atom is -0.493 e. The van der Waals surface area contributed by atoms with Crippen molar-refractivity contribution in [2.45, 2.75) is 12.6 Å². The number of nitrogens with zero attached hydrogens (tertiary/aromatic N) is 1. The molecule has 1 unspecified atom stereocenters. The molecule has 3 rings (SSSR count). The molecule has 0 bridgehead atoms. The molecule has 1 saturated heterocycles. The number of methoxy groups -OCH3 is 1. The van der Waals surface area contributed by atoms with E-state index in [1.165, 1.54) is 0 Å². The standard InChI is InChI=1S/C14H17NO6/c1-18-10-4-9(5-11-13(10)21-8-20-11)6-15-2-3-19-12(7-15)14(16)17/h4-5,12H,2-3,6-8H2,1H3,(H,16,17). The van der Waals surface area contributed by atoms with Crippen LogP contribution in [-0.4, -0.2) is 55.7 Å². The van der Waals surface area contributed by atoms with Crippen LogP contribution in [0, 0.1) is 0 Å². The summed E-state index contributed by atoms with van der Waals surface area (Å²) in [6, 6.07) is 3.79. The number of rotatable bonds is 4. The maximum Gasteiger partial charge on any atom is 0.334 e. The van der Waals surface area contributed by atoms with E-state index in [1.807, 2.05) is 17.0 Å². The fourth-order valence-electron chi connectivity index (χ4n) is 2.53. The number of aliphatic carboxylic acids is 1. The quantitative estimate of drug-likeness (QED) is 0.876. The predicted octanol–water partition coefficient (Wildman–Crippen LogP) is 0.709. The first-order valence-corrected chi connectivity index (χ1v) is 6.70. The lowest BCUT2D eigenvalue weighted by molar-refractivity contribution is -0.156. The minimum atomic E-state index is -0.928. The molecule has 0 amide bonds. The average Bonchev–Trinajstić information content (AvgIpc) is 2.95. The number of ether oxygens (including phenoxy) is 4. The highest BCUT2D eigenvalue weighted by Crippen LogP contribution is 2.42. The lowest BCUT2D eigenvalue weighted by Gasteiger charge is -2.30. The number of morpholine rings is 1. The van der Waals surface area contributed by atoms with Gasteiger partial charge in [0.1, 0.15) is 0 Å². The maximum atomic E-state index is 11.0. The van der Waals surface area contributed by atoms with Crippen LogP contribution in [0.3, 0.4) is 0 Å². The summed E-state index contributed by atoms with van der Waals surface area (Å²) in [5.41, 5.74) is 0.988. The van der Waals surface area contributed by atoms with Crippen LogP contribution in [0.2, 0.25) is 0 Å². The molecule has 114 valence electrons. The third kappa shape index (κ3) is 2.88. The number of benzene rings is 1. The van der Waals surface area contributed by atoms with Crippen LogP contribution >= 0.6 is 0 Å². The topological polar surface area (TPSA) is 77.5 Å². The second-order valence-electron chi connectivity index (χ2n) is 4.96. The van der Waals surface area contributed by atoms with Crippen molar-refractivity contribution in [3.8, 4) is 17.2 Å². The Kier molecular flexibility index (Phi) is 3.85. The summed E-state index contributed by atoms with van der Waals surface area (Å²) in [4.78, 5) is 13.0. The van der Waals surface area contributed by atoms with Gasteiger partial charge in [-0.1, -0.05) is 0 Å². The highest BCUT2D eigenvalue weighted by atomic mass is 16.7. The molecule has 2 heterocycles. The molecule has 0 saturated carbocycles. The van der Waals surface area contributed by atoms with Crippen molar-refractivity contribution in [1.29, 1.82) is 0 Å². The summed E-state index contributed by atoms with van der Waals surface area (Å²) in [5.74, 6) is 0.977. The largest absolute Gasteiger partial charge is 0.493 e. The minimum absolute atomic E-state index is 0.188. The number of carbonyl (C=O) groups is 1. The Morgan fingerprint density at radius 1 is 1.48 bits per heavy atom. The fraction of sp³-hybridized carbons (Fsp3) is 0.500. The number of carboxylic acids is 1. The van der Waals surface area contributed by atoms with Gasteiger partial charge >= 0.3 is 5.97 Å². The van der Waals surface area contributed by atoms with Crippen molar-refractivity contribution < 1.29 is 28.8 Å². The van der Waals surface area contributed by atoms with E-state index in [-0.39, 0.29) is 6.79 Å². The molecule has 7 nitrogen and oxygen atoms in total. The summed E-state index contributed by atoms with van der Waals surface area (Å²) in [6.45, 7) is 2.28. The average molecular weight is 295 g/mol. The van der Waals surface area contributed by atoms with Crippen LogP contribution in [0.25, 0.3) is 0 Å². The first kappa shape index (κ1) is 14.0. The van der Waals surface area contributed by atoms with E-state index in [0.29, 0.717) is 43.5 Å². The summed E-state index contributed by atoms with van der Waals surface area (Å²) < 4.78 is 21.3. The van der Waals surface area contributed by atoms with Crippen LogP contribution in [0.5, 0.6) is 17.2 Å². The number of hydrogen-bond donors (Lipinski definition) is 1.